The number of hydrogen-bond acceptors (Lipinski definition) is 3. The van der Waals surface area contributed by atoms with Crippen LogP contribution in [0.15, 0.2) is 42.5 Å². The summed E-state index contributed by atoms with van der Waals surface area (Å²) in [6, 6.07) is 14.7. The van der Waals surface area contributed by atoms with Gasteiger partial charge in [0, 0.05) is 19.5 Å². The molecule has 0 unspecified atom stereocenters. The predicted octanol–water partition coefficient (Wildman–Crippen LogP) is 5.20. The van der Waals surface area contributed by atoms with E-state index < -0.39 is 0 Å². The van der Waals surface area contributed by atoms with Gasteiger partial charge in [0.1, 0.15) is 11.6 Å². The summed E-state index contributed by atoms with van der Waals surface area (Å²) in [6.45, 7) is 8.42. The minimum Gasteiger partial charge on any atom is -0.494 e. The number of carbonyl (C=O) groups is 1. The number of aryl methyl sites for hydroxylation is 3. The molecule has 0 bridgehead atoms. The highest BCUT2D eigenvalue weighted by atomic mass is 16.5. The largest absolute Gasteiger partial charge is 0.494 e. The first kappa shape index (κ1) is 20.5. The fourth-order valence-electron chi connectivity index (χ4n) is 4.55. The molecule has 2 aromatic carbocycles. The Kier molecular flexibility index (Phi) is 6.07. The van der Waals surface area contributed by atoms with E-state index in [1.54, 1.807) is 0 Å². The molecule has 0 radical (unpaired) electrons. The highest BCUT2D eigenvalue weighted by molar-refractivity contribution is 5.78. The number of ether oxygens (including phenoxy) is 1. The lowest BCUT2D eigenvalue weighted by Crippen LogP contribution is -2.31. The van der Waals surface area contributed by atoms with Gasteiger partial charge in [-0.2, -0.15) is 0 Å². The van der Waals surface area contributed by atoms with Gasteiger partial charge >= 0.3 is 0 Å². The van der Waals surface area contributed by atoms with E-state index in [0.29, 0.717) is 13.0 Å². The van der Waals surface area contributed by atoms with E-state index >= 15 is 0 Å². The van der Waals surface area contributed by atoms with Gasteiger partial charge < -0.3 is 14.2 Å². The van der Waals surface area contributed by atoms with E-state index in [0.717, 1.165) is 55.0 Å². The molecular weight excluding hydrogens is 374 g/mol. The van der Waals surface area contributed by atoms with Crippen molar-refractivity contribution < 1.29 is 9.53 Å². The highest BCUT2D eigenvalue weighted by Gasteiger charge is 2.32. The summed E-state index contributed by atoms with van der Waals surface area (Å²) >= 11 is 0. The van der Waals surface area contributed by atoms with Gasteiger partial charge in [-0.3, -0.25) is 4.79 Å². The number of nitrogens with zero attached hydrogens (tertiary/aromatic N) is 3. The molecule has 1 aliphatic rings. The monoisotopic (exact) mass is 405 g/mol. The number of likely N-dealkylation sites (tertiary alicyclic amines) is 1. The van der Waals surface area contributed by atoms with Gasteiger partial charge in [-0.15, -0.1) is 0 Å². The Morgan fingerprint density at radius 2 is 1.93 bits per heavy atom. The van der Waals surface area contributed by atoms with Crippen molar-refractivity contribution in [3.63, 3.8) is 0 Å². The van der Waals surface area contributed by atoms with Crippen molar-refractivity contribution in [2.75, 3.05) is 13.2 Å². The second-order valence-corrected chi connectivity index (χ2v) is 8.23. The van der Waals surface area contributed by atoms with E-state index in [-0.39, 0.29) is 11.9 Å². The Morgan fingerprint density at radius 1 is 1.17 bits per heavy atom. The Morgan fingerprint density at radius 3 is 2.70 bits per heavy atom. The smallest absolute Gasteiger partial charge is 0.222 e. The first-order chi connectivity index (χ1) is 14.6. The first-order valence-corrected chi connectivity index (χ1v) is 11.0. The zero-order chi connectivity index (χ0) is 21.1. The minimum atomic E-state index is 0.0743. The molecule has 1 fully saturated rings. The van der Waals surface area contributed by atoms with E-state index in [4.69, 9.17) is 9.72 Å². The summed E-state index contributed by atoms with van der Waals surface area (Å²) in [5.41, 5.74) is 4.57. The topological polar surface area (TPSA) is 47.4 Å². The summed E-state index contributed by atoms with van der Waals surface area (Å²) in [7, 11) is 0. The molecule has 0 N–H and O–H groups in total. The van der Waals surface area contributed by atoms with Gasteiger partial charge in [-0.05, 0) is 68.5 Å². The number of amides is 1. The number of para-hydroxylation sites is 2. The van der Waals surface area contributed by atoms with Crippen molar-refractivity contribution in [2.24, 2.45) is 0 Å². The van der Waals surface area contributed by atoms with Crippen molar-refractivity contribution in [1.82, 2.24) is 14.5 Å². The average molecular weight is 406 g/mol. The van der Waals surface area contributed by atoms with Gasteiger partial charge in [0.15, 0.2) is 0 Å². The van der Waals surface area contributed by atoms with Gasteiger partial charge in [0.2, 0.25) is 5.91 Å². The number of imidazole rings is 1. The second kappa shape index (κ2) is 8.90. The number of hydrogen-bond donors (Lipinski definition) is 0. The number of carbonyl (C=O) groups excluding carboxylic acids is 1. The second-order valence-electron chi connectivity index (χ2n) is 8.23. The van der Waals surface area contributed by atoms with Crippen LogP contribution < -0.4 is 4.74 Å². The molecule has 1 aromatic heterocycles. The standard InChI is InChI=1S/C25H31N3O2/c1-4-24(29)27-12-7-11-23(27)25-26-21-9-5-6-10-22(21)28(25)13-8-14-30-20-16-18(2)15-19(3)17-20/h5-6,9-10,15-17,23H,4,7-8,11-14H2,1-3H3/t23-/m0/s1. The zero-order valence-electron chi connectivity index (χ0n) is 18.2. The summed E-state index contributed by atoms with van der Waals surface area (Å²) in [5, 5.41) is 0. The van der Waals surface area contributed by atoms with Crippen LogP contribution in [0.5, 0.6) is 5.75 Å². The van der Waals surface area contributed by atoms with E-state index in [9.17, 15) is 4.79 Å². The minimum absolute atomic E-state index is 0.0743. The molecule has 1 amide bonds. The number of rotatable bonds is 7. The van der Waals surface area contributed by atoms with Crippen LogP contribution in [-0.2, 0) is 11.3 Å². The van der Waals surface area contributed by atoms with Crippen molar-refractivity contribution in [3.8, 4) is 5.75 Å². The summed E-state index contributed by atoms with van der Waals surface area (Å²) in [5.74, 6) is 2.16. The zero-order valence-corrected chi connectivity index (χ0v) is 18.2. The van der Waals surface area contributed by atoms with E-state index in [1.807, 2.05) is 17.9 Å². The average Bonchev–Trinajstić information content (AvgIpc) is 3.34. The maximum atomic E-state index is 12.5. The Balaban J connectivity index is 1.52. The van der Waals surface area contributed by atoms with Crippen LogP contribution in [0, 0.1) is 13.8 Å². The fraction of sp³-hybridized carbons (Fsp3) is 0.440. The molecule has 0 aliphatic carbocycles. The molecule has 0 saturated carbocycles. The summed E-state index contributed by atoms with van der Waals surface area (Å²) in [4.78, 5) is 19.4. The van der Waals surface area contributed by atoms with Crippen LogP contribution in [0.4, 0.5) is 0 Å². The van der Waals surface area contributed by atoms with Crippen molar-refractivity contribution in [2.45, 2.75) is 59.0 Å². The molecule has 30 heavy (non-hydrogen) atoms. The van der Waals surface area contributed by atoms with Crippen molar-refractivity contribution in [1.29, 1.82) is 0 Å². The molecule has 3 aromatic rings. The van der Waals surface area contributed by atoms with Crippen LogP contribution in [0.2, 0.25) is 0 Å². The molecule has 5 heteroatoms. The third kappa shape index (κ3) is 4.20. The maximum absolute atomic E-state index is 12.5. The van der Waals surface area contributed by atoms with Crippen LogP contribution in [0.25, 0.3) is 11.0 Å². The third-order valence-corrected chi connectivity index (χ3v) is 5.85. The molecule has 1 aliphatic heterocycles. The Bertz CT molecular complexity index is 1020. The number of benzene rings is 2. The molecule has 4 rings (SSSR count). The van der Waals surface area contributed by atoms with Gasteiger partial charge in [0.25, 0.3) is 0 Å². The molecule has 5 nitrogen and oxygen atoms in total. The van der Waals surface area contributed by atoms with Crippen LogP contribution >= 0.6 is 0 Å². The van der Waals surface area contributed by atoms with Gasteiger partial charge in [0.05, 0.1) is 23.7 Å². The predicted molar refractivity (Wildman–Crippen MR) is 120 cm³/mol. The van der Waals surface area contributed by atoms with Crippen molar-refractivity contribution in [3.05, 3.63) is 59.4 Å². The summed E-state index contributed by atoms with van der Waals surface area (Å²) in [6.07, 6.45) is 3.44. The van der Waals surface area contributed by atoms with Gasteiger partial charge in [-0.25, -0.2) is 4.98 Å². The Hall–Kier alpha value is -2.82. The molecule has 1 saturated heterocycles. The summed E-state index contributed by atoms with van der Waals surface area (Å²) < 4.78 is 8.32. The lowest BCUT2D eigenvalue weighted by molar-refractivity contribution is -0.131. The molecule has 2 heterocycles. The molecule has 1 atom stereocenters. The maximum Gasteiger partial charge on any atom is 0.222 e. The lowest BCUT2D eigenvalue weighted by atomic mass is 10.1. The quantitative estimate of drug-likeness (QED) is 0.508. The normalized spacial score (nSPS) is 16.4. The van der Waals surface area contributed by atoms with E-state index in [1.165, 1.54) is 11.1 Å². The van der Waals surface area contributed by atoms with Crippen LogP contribution in [0.1, 0.15) is 55.6 Å². The van der Waals surface area contributed by atoms with Crippen LogP contribution in [0.3, 0.4) is 0 Å². The Labute approximate surface area is 178 Å². The third-order valence-electron chi connectivity index (χ3n) is 5.85. The van der Waals surface area contributed by atoms with E-state index in [2.05, 4.69) is 54.8 Å². The SMILES string of the molecule is CCC(=O)N1CCC[C@H]1c1nc2ccccc2n1CCCOc1cc(C)cc(C)c1. The molecular formula is C25H31N3O2. The van der Waals surface area contributed by atoms with Crippen molar-refractivity contribution >= 4 is 16.9 Å². The lowest BCUT2D eigenvalue weighted by Gasteiger charge is -2.25. The van der Waals surface area contributed by atoms with Crippen LogP contribution in [-0.4, -0.2) is 33.5 Å². The fourth-order valence-corrected chi connectivity index (χ4v) is 4.55. The number of aromatic nitrogens is 2. The highest BCUT2D eigenvalue weighted by Crippen LogP contribution is 2.34. The molecule has 0 spiro atoms. The molecule has 158 valence electrons. The number of fused-ring (bicyclic) bond motifs is 1. The first-order valence-electron chi connectivity index (χ1n) is 11.0. The van der Waals surface area contributed by atoms with Gasteiger partial charge in [-0.1, -0.05) is 25.1 Å².